The van der Waals surface area contributed by atoms with Crippen molar-refractivity contribution < 1.29 is 18.0 Å². The van der Waals surface area contributed by atoms with E-state index in [0.29, 0.717) is 4.91 Å². The lowest BCUT2D eigenvalue weighted by Crippen LogP contribution is -2.04. The Bertz CT molecular complexity index is 485. The Morgan fingerprint density at radius 3 is 2.29 bits per heavy atom. The summed E-state index contributed by atoms with van der Waals surface area (Å²) in [5.41, 5.74) is -0.670. The zero-order valence-electron chi connectivity index (χ0n) is 8.61. The lowest BCUT2D eigenvalue weighted by atomic mass is 10.2. The first-order valence-electron chi connectivity index (χ1n) is 4.82. The number of thiol groups is 1. The Hall–Kier alpha value is -1.49. The number of benzene rings is 1. The third-order valence-electron chi connectivity index (χ3n) is 2.37. The van der Waals surface area contributed by atoms with Crippen molar-refractivity contribution >= 4 is 17.2 Å². The average molecular weight is 258 g/mol. The first-order valence-corrected chi connectivity index (χ1v) is 6.23. The van der Waals surface area contributed by atoms with Gasteiger partial charge in [-0.05, 0) is 40.6 Å². The molecule has 0 aromatic heterocycles. The van der Waals surface area contributed by atoms with Crippen LogP contribution in [0.4, 0.5) is 13.2 Å². The zero-order chi connectivity index (χ0) is 12.5. The second-order valence-electron chi connectivity index (χ2n) is 3.47. The van der Waals surface area contributed by atoms with Crippen molar-refractivity contribution in [3.8, 4) is 0 Å². The minimum absolute atomic E-state index is 0.625. The molecule has 1 aliphatic heterocycles. The normalized spacial score (nSPS) is 21.4. The van der Waals surface area contributed by atoms with Crippen molar-refractivity contribution in [2.45, 2.75) is 11.1 Å². The van der Waals surface area contributed by atoms with Crippen LogP contribution in [0, 0.1) is 0 Å². The van der Waals surface area contributed by atoms with Gasteiger partial charge in [0.05, 0.1) is 5.56 Å². The smallest absolute Gasteiger partial charge is 0.297 e. The zero-order valence-corrected chi connectivity index (χ0v) is 9.50. The molecule has 17 heavy (non-hydrogen) atoms. The molecular weight excluding hydrogens is 249 g/mol. The van der Waals surface area contributed by atoms with E-state index in [1.807, 2.05) is 5.41 Å². The predicted octanol–water partition coefficient (Wildman–Crippen LogP) is 3.68. The Morgan fingerprint density at radius 1 is 1.12 bits per heavy atom. The number of hydrogen-bond donors (Lipinski definition) is 1. The third-order valence-corrected chi connectivity index (χ3v) is 4.51. The molecule has 2 rings (SSSR count). The van der Waals surface area contributed by atoms with E-state index in [1.165, 1.54) is 12.1 Å². The van der Waals surface area contributed by atoms with Crippen molar-refractivity contribution in [1.82, 2.24) is 0 Å². The van der Waals surface area contributed by atoms with Crippen LogP contribution >= 0.6 is 10.9 Å². The fourth-order valence-corrected chi connectivity index (χ4v) is 3.27. The molecule has 0 radical (unpaired) electrons. The lowest BCUT2D eigenvalue weighted by molar-refractivity contribution is -0.137. The van der Waals surface area contributed by atoms with Crippen molar-refractivity contribution in [3.05, 3.63) is 52.3 Å². The van der Waals surface area contributed by atoms with E-state index in [2.05, 4.69) is 0 Å². The number of allylic oxidation sites excluding steroid dienone is 3. The van der Waals surface area contributed by atoms with Crippen molar-refractivity contribution in [2.24, 2.45) is 0 Å². The SMILES string of the molecule is O=CC1=CC=C[SH]1c1ccc(C(F)(F)F)cc1. The summed E-state index contributed by atoms with van der Waals surface area (Å²) < 4.78 is 37.1. The number of rotatable bonds is 2. The summed E-state index contributed by atoms with van der Waals surface area (Å²) in [5.74, 6) is 0. The van der Waals surface area contributed by atoms with Crippen LogP contribution in [-0.4, -0.2) is 6.29 Å². The number of carbonyl (C=O) groups is 1. The maximum Gasteiger partial charge on any atom is 0.416 e. The van der Waals surface area contributed by atoms with Crippen LogP contribution in [0.25, 0.3) is 0 Å². The standard InChI is InChI=1S/C12H9F3OS/c13-12(14,15)9-3-5-10(6-4-9)17-7-1-2-11(17)8-16/h1-8,17H. The molecule has 0 bridgehead atoms. The predicted molar refractivity (Wildman–Crippen MR) is 62.0 cm³/mol. The third kappa shape index (κ3) is 2.44. The minimum Gasteiger partial charge on any atom is -0.297 e. The van der Waals surface area contributed by atoms with Gasteiger partial charge in [0.1, 0.15) is 0 Å². The maximum atomic E-state index is 12.4. The first kappa shape index (κ1) is 12.0. The number of alkyl halides is 3. The second kappa shape index (κ2) is 4.41. The molecule has 0 fully saturated rings. The molecular formula is C12H9F3OS. The van der Waals surface area contributed by atoms with E-state index in [1.54, 1.807) is 12.2 Å². The summed E-state index contributed by atoms with van der Waals surface area (Å²) in [7, 11) is -0.907. The van der Waals surface area contributed by atoms with Gasteiger partial charge in [0.15, 0.2) is 6.29 Å². The van der Waals surface area contributed by atoms with Crippen LogP contribution in [0.2, 0.25) is 0 Å². The Labute approximate surface area is 99.0 Å². The van der Waals surface area contributed by atoms with E-state index >= 15 is 0 Å². The van der Waals surface area contributed by atoms with Crippen LogP contribution in [0.1, 0.15) is 5.56 Å². The Kier molecular flexibility index (Phi) is 3.11. The van der Waals surface area contributed by atoms with E-state index in [-0.39, 0.29) is 0 Å². The molecule has 1 unspecified atom stereocenters. The molecule has 1 aliphatic rings. The maximum absolute atomic E-state index is 12.4. The number of hydrogen-bond acceptors (Lipinski definition) is 1. The van der Waals surface area contributed by atoms with Crippen LogP contribution in [0.5, 0.6) is 0 Å². The molecule has 1 nitrogen and oxygen atoms in total. The summed E-state index contributed by atoms with van der Waals surface area (Å²) in [5, 5.41) is 1.85. The summed E-state index contributed by atoms with van der Waals surface area (Å²) in [6.45, 7) is 0. The molecule has 0 aliphatic carbocycles. The largest absolute Gasteiger partial charge is 0.416 e. The summed E-state index contributed by atoms with van der Waals surface area (Å²) >= 11 is 0. The Morgan fingerprint density at radius 2 is 1.76 bits per heavy atom. The van der Waals surface area contributed by atoms with Gasteiger partial charge in [0.25, 0.3) is 0 Å². The van der Waals surface area contributed by atoms with E-state index < -0.39 is 22.6 Å². The van der Waals surface area contributed by atoms with Crippen molar-refractivity contribution in [3.63, 3.8) is 0 Å². The molecule has 1 heterocycles. The molecule has 0 spiro atoms. The first-order chi connectivity index (χ1) is 8.02. The number of carbonyl (C=O) groups excluding carboxylic acids is 1. The van der Waals surface area contributed by atoms with Crippen molar-refractivity contribution in [1.29, 1.82) is 0 Å². The van der Waals surface area contributed by atoms with Gasteiger partial charge in [-0.1, -0.05) is 6.08 Å². The Balaban J connectivity index is 2.28. The highest BCUT2D eigenvalue weighted by atomic mass is 32.2. The average Bonchev–Trinajstić information content (AvgIpc) is 2.76. The van der Waals surface area contributed by atoms with Gasteiger partial charge < -0.3 is 0 Å². The van der Waals surface area contributed by atoms with Gasteiger partial charge in [-0.3, -0.25) is 4.79 Å². The molecule has 0 saturated heterocycles. The molecule has 90 valence electrons. The van der Waals surface area contributed by atoms with E-state index in [4.69, 9.17) is 0 Å². The quantitative estimate of drug-likeness (QED) is 0.632. The minimum atomic E-state index is -4.32. The van der Waals surface area contributed by atoms with Gasteiger partial charge in [0.2, 0.25) is 0 Å². The van der Waals surface area contributed by atoms with Gasteiger partial charge in [-0.25, -0.2) is 0 Å². The van der Waals surface area contributed by atoms with Crippen LogP contribution in [-0.2, 0) is 11.0 Å². The fraction of sp³-hybridized carbons (Fsp3) is 0.0833. The van der Waals surface area contributed by atoms with Gasteiger partial charge in [0, 0.05) is 4.91 Å². The molecule has 0 saturated carbocycles. The lowest BCUT2D eigenvalue weighted by Gasteiger charge is -2.15. The molecule has 0 amide bonds. The highest BCUT2D eigenvalue weighted by molar-refractivity contribution is 8.23. The topological polar surface area (TPSA) is 17.1 Å². The van der Waals surface area contributed by atoms with E-state index in [9.17, 15) is 18.0 Å². The van der Waals surface area contributed by atoms with Crippen LogP contribution in [0.3, 0.4) is 0 Å². The molecule has 5 heteroatoms. The monoisotopic (exact) mass is 258 g/mol. The summed E-state index contributed by atoms with van der Waals surface area (Å²) in [6.07, 6.45) is -0.118. The highest BCUT2D eigenvalue weighted by Gasteiger charge is 2.30. The fourth-order valence-electron chi connectivity index (χ4n) is 1.54. The highest BCUT2D eigenvalue weighted by Crippen LogP contribution is 2.47. The van der Waals surface area contributed by atoms with Crippen molar-refractivity contribution in [2.75, 3.05) is 0 Å². The van der Waals surface area contributed by atoms with Gasteiger partial charge in [-0.2, -0.15) is 24.1 Å². The number of halogens is 3. The molecule has 0 N–H and O–H groups in total. The molecule has 1 aromatic rings. The van der Waals surface area contributed by atoms with Gasteiger partial charge in [-0.15, -0.1) is 0 Å². The van der Waals surface area contributed by atoms with E-state index in [0.717, 1.165) is 23.3 Å². The second-order valence-corrected chi connectivity index (χ2v) is 5.54. The molecule has 1 atom stereocenters. The van der Waals surface area contributed by atoms with Crippen LogP contribution < -0.4 is 0 Å². The van der Waals surface area contributed by atoms with Gasteiger partial charge >= 0.3 is 6.18 Å². The summed E-state index contributed by atoms with van der Waals surface area (Å²) in [6, 6.07) is 4.96. The van der Waals surface area contributed by atoms with Crippen LogP contribution in [0.15, 0.2) is 51.6 Å². The number of aldehydes is 1. The summed E-state index contributed by atoms with van der Waals surface area (Å²) in [4.78, 5) is 12.1. The molecule has 1 aromatic carbocycles.